The first-order chi connectivity index (χ1) is 30.0. The van der Waals surface area contributed by atoms with Gasteiger partial charge in [0.05, 0.1) is 18.6 Å². The SMILES string of the molecule is C.O=C1CN[C@@H](c2ccccc2)CO1.O=C1OC[C@H](c2ccccc2)N2C1[C@@H](c1ccc3c(c1)OCCO3)O[C@H]2c1ccc2c(c1)OCCO2.O=Cc1ccc2c(c1)OCCO2. The normalized spacial score (nSPS) is 22.9. The van der Waals surface area contributed by atoms with Crippen LogP contribution in [0, 0.1) is 0 Å². The average Bonchev–Trinajstić information content (AvgIpc) is 3.74. The van der Waals surface area contributed by atoms with E-state index in [1.54, 1.807) is 18.2 Å². The molecule has 14 heteroatoms. The summed E-state index contributed by atoms with van der Waals surface area (Å²) in [6, 6.07) is 36.1. The number of rotatable bonds is 5. The largest absolute Gasteiger partial charge is 0.486 e. The second kappa shape index (κ2) is 19.4. The summed E-state index contributed by atoms with van der Waals surface area (Å²) < 4.78 is 51.0. The lowest BCUT2D eigenvalue weighted by molar-refractivity contribution is -0.163. The third-order valence-electron chi connectivity index (χ3n) is 10.9. The molecular formula is C48H48N2O12. The first-order valence-electron chi connectivity index (χ1n) is 20.2. The van der Waals surface area contributed by atoms with Crippen LogP contribution in [0.25, 0.3) is 0 Å². The van der Waals surface area contributed by atoms with Crippen LogP contribution in [0.5, 0.6) is 34.5 Å². The molecule has 62 heavy (non-hydrogen) atoms. The highest BCUT2D eigenvalue weighted by Crippen LogP contribution is 2.51. The molecule has 5 aromatic rings. The van der Waals surface area contributed by atoms with Crippen LogP contribution in [-0.2, 0) is 23.8 Å². The van der Waals surface area contributed by atoms with Gasteiger partial charge in [-0.25, -0.2) is 4.90 Å². The van der Waals surface area contributed by atoms with Crippen LogP contribution in [0.4, 0.5) is 0 Å². The molecule has 322 valence electrons. The summed E-state index contributed by atoms with van der Waals surface area (Å²) in [5.74, 6) is 3.63. The van der Waals surface area contributed by atoms with E-state index in [-0.39, 0.29) is 38.1 Å². The van der Waals surface area contributed by atoms with E-state index in [0.717, 1.165) is 28.5 Å². The number of nitrogens with zero attached hydrogens (tertiary/aromatic N) is 1. The number of ether oxygens (including phenoxy) is 9. The van der Waals surface area contributed by atoms with Gasteiger partial charge in [-0.15, -0.1) is 0 Å². The number of morpholine rings is 2. The number of carbonyl (C=O) groups is 3. The number of benzene rings is 5. The molecule has 14 nitrogen and oxygen atoms in total. The highest BCUT2D eigenvalue weighted by atomic mass is 16.6. The van der Waals surface area contributed by atoms with Crippen molar-refractivity contribution in [3.05, 3.63) is 143 Å². The average molecular weight is 845 g/mol. The van der Waals surface area contributed by atoms with Gasteiger partial charge in [0, 0.05) is 5.56 Å². The molecule has 0 aliphatic carbocycles. The molecule has 6 aliphatic heterocycles. The standard InChI is InChI=1S/C28H25NO7.C10H11NO2.C9H8O3.CH4/c30-28-25-26(18-6-8-21-23(14-18)33-12-10-31-21)36-27(19-7-9-22-24(15-19)34-13-11-32-22)29(25)20(16-35-28)17-4-2-1-3-5-17;12-10-6-11-9(7-13-10)8-4-2-1-3-5-8;10-6-7-1-2-8-9(5-7)12-4-3-11-8;/h1-9,14-15,20,25-27H,10-13,16H2;1-5,9,11H,6-7H2;1-2,5-6H,3-4H2;1H4/t20-,25?,26-,27+;9-;;/m11../s1. The van der Waals surface area contributed by atoms with Gasteiger partial charge in [0.25, 0.3) is 0 Å². The van der Waals surface area contributed by atoms with Crippen LogP contribution in [0.1, 0.15) is 64.5 Å². The van der Waals surface area contributed by atoms with E-state index >= 15 is 0 Å². The Bertz CT molecular complexity index is 2330. The second-order valence-electron chi connectivity index (χ2n) is 14.7. The van der Waals surface area contributed by atoms with Crippen molar-refractivity contribution in [3.63, 3.8) is 0 Å². The Kier molecular flexibility index (Phi) is 13.2. The van der Waals surface area contributed by atoms with Crippen molar-refractivity contribution in [1.29, 1.82) is 0 Å². The first-order valence-corrected chi connectivity index (χ1v) is 20.2. The van der Waals surface area contributed by atoms with Crippen molar-refractivity contribution in [2.45, 2.75) is 37.9 Å². The summed E-state index contributed by atoms with van der Waals surface area (Å²) in [7, 11) is 0. The molecule has 0 spiro atoms. The Labute approximate surface area is 359 Å². The van der Waals surface area contributed by atoms with Gasteiger partial charge < -0.3 is 42.6 Å². The molecule has 1 unspecified atom stereocenters. The molecule has 3 fully saturated rings. The maximum atomic E-state index is 13.3. The number of aldehydes is 1. The maximum absolute atomic E-state index is 13.3. The van der Waals surface area contributed by atoms with Crippen LogP contribution < -0.4 is 33.7 Å². The number of hydrogen-bond acceptors (Lipinski definition) is 14. The lowest BCUT2D eigenvalue weighted by atomic mass is 9.96. The number of cyclic esters (lactones) is 2. The molecule has 5 atom stereocenters. The Morgan fingerprint density at radius 2 is 1.06 bits per heavy atom. The summed E-state index contributed by atoms with van der Waals surface area (Å²) >= 11 is 0. The van der Waals surface area contributed by atoms with Gasteiger partial charge in [-0.1, -0.05) is 80.2 Å². The fraction of sp³-hybridized carbons (Fsp3) is 0.312. The monoisotopic (exact) mass is 844 g/mol. The highest BCUT2D eigenvalue weighted by Gasteiger charge is 2.54. The lowest BCUT2D eigenvalue weighted by Crippen LogP contribution is -2.49. The zero-order valence-corrected chi connectivity index (χ0v) is 33.1. The minimum atomic E-state index is -0.635. The molecule has 0 aromatic heterocycles. The van der Waals surface area contributed by atoms with E-state index in [2.05, 4.69) is 22.3 Å². The Morgan fingerprint density at radius 1 is 0.532 bits per heavy atom. The topological polar surface area (TPSA) is 150 Å². The Balaban J connectivity index is 0.000000166. The number of hydrogen-bond donors (Lipinski definition) is 1. The minimum Gasteiger partial charge on any atom is -0.486 e. The number of carbonyl (C=O) groups excluding carboxylic acids is 3. The number of fused-ring (bicyclic) bond motifs is 4. The van der Waals surface area contributed by atoms with Crippen LogP contribution >= 0.6 is 0 Å². The van der Waals surface area contributed by atoms with Gasteiger partial charge in [0.2, 0.25) is 0 Å². The Hall–Kier alpha value is -6.61. The summed E-state index contributed by atoms with van der Waals surface area (Å²) in [4.78, 5) is 36.6. The van der Waals surface area contributed by atoms with E-state index in [1.807, 2.05) is 84.9 Å². The molecule has 0 bridgehead atoms. The minimum absolute atomic E-state index is 0. The van der Waals surface area contributed by atoms with Crippen LogP contribution in [0.2, 0.25) is 0 Å². The van der Waals surface area contributed by atoms with Crippen molar-refractivity contribution in [3.8, 4) is 34.5 Å². The van der Waals surface area contributed by atoms with E-state index < -0.39 is 18.4 Å². The zero-order valence-electron chi connectivity index (χ0n) is 33.1. The molecule has 5 aromatic carbocycles. The number of nitrogens with one attached hydrogen (secondary N) is 1. The van der Waals surface area contributed by atoms with E-state index in [9.17, 15) is 14.4 Å². The molecule has 3 saturated heterocycles. The van der Waals surface area contributed by atoms with Crippen LogP contribution in [-0.4, -0.2) is 88.6 Å². The molecule has 0 radical (unpaired) electrons. The molecule has 0 amide bonds. The predicted molar refractivity (Wildman–Crippen MR) is 225 cm³/mol. The van der Waals surface area contributed by atoms with Gasteiger partial charge in [0.15, 0.2) is 34.5 Å². The van der Waals surface area contributed by atoms with Crippen molar-refractivity contribution in [2.24, 2.45) is 0 Å². The van der Waals surface area contributed by atoms with Crippen LogP contribution in [0.15, 0.2) is 115 Å². The summed E-state index contributed by atoms with van der Waals surface area (Å²) in [6.45, 7) is 4.12. The summed E-state index contributed by atoms with van der Waals surface area (Å²) in [6.07, 6.45) is -0.266. The highest BCUT2D eigenvalue weighted by molar-refractivity contribution is 5.79. The lowest BCUT2D eigenvalue weighted by Gasteiger charge is -2.39. The number of esters is 2. The van der Waals surface area contributed by atoms with Gasteiger partial charge in [0.1, 0.15) is 77.5 Å². The molecule has 6 heterocycles. The first kappa shape index (κ1) is 42.1. The van der Waals surface area contributed by atoms with E-state index in [4.69, 9.17) is 42.6 Å². The van der Waals surface area contributed by atoms with Gasteiger partial charge in [-0.3, -0.25) is 19.7 Å². The van der Waals surface area contributed by atoms with E-state index in [0.29, 0.717) is 92.9 Å². The van der Waals surface area contributed by atoms with Crippen molar-refractivity contribution in [1.82, 2.24) is 10.2 Å². The van der Waals surface area contributed by atoms with Crippen molar-refractivity contribution < 1.29 is 57.0 Å². The molecular weight excluding hydrogens is 797 g/mol. The quantitative estimate of drug-likeness (QED) is 0.147. The molecule has 0 saturated carbocycles. The van der Waals surface area contributed by atoms with E-state index in [1.165, 1.54) is 0 Å². The fourth-order valence-corrected chi connectivity index (χ4v) is 7.95. The maximum Gasteiger partial charge on any atom is 0.326 e. The fourth-order valence-electron chi connectivity index (χ4n) is 7.95. The smallest absolute Gasteiger partial charge is 0.326 e. The van der Waals surface area contributed by atoms with Crippen molar-refractivity contribution in [2.75, 3.05) is 59.4 Å². The summed E-state index contributed by atoms with van der Waals surface area (Å²) in [5, 5.41) is 3.11. The second-order valence-corrected chi connectivity index (χ2v) is 14.7. The molecule has 1 N–H and O–H groups in total. The molecule has 6 aliphatic rings. The predicted octanol–water partition coefficient (Wildman–Crippen LogP) is 6.75. The molecule has 11 rings (SSSR count). The zero-order chi connectivity index (χ0) is 41.5. The Morgan fingerprint density at radius 3 is 1.65 bits per heavy atom. The van der Waals surface area contributed by atoms with Crippen molar-refractivity contribution >= 4 is 18.2 Å². The van der Waals surface area contributed by atoms with Crippen LogP contribution in [0.3, 0.4) is 0 Å². The van der Waals surface area contributed by atoms with Gasteiger partial charge in [-0.2, -0.15) is 0 Å². The third-order valence-corrected chi connectivity index (χ3v) is 10.9. The van der Waals surface area contributed by atoms with Gasteiger partial charge >= 0.3 is 11.9 Å². The summed E-state index contributed by atoms with van der Waals surface area (Å²) in [5.41, 5.74) is 4.55. The third kappa shape index (κ3) is 9.17. The van der Waals surface area contributed by atoms with Gasteiger partial charge in [-0.05, 0) is 64.7 Å².